The number of ether oxygens (including phenoxy) is 4. The topological polar surface area (TPSA) is 196 Å². The van der Waals surface area contributed by atoms with Crippen LogP contribution in [0.3, 0.4) is 0 Å². The van der Waals surface area contributed by atoms with Gasteiger partial charge in [-0.1, -0.05) is 6.07 Å². The van der Waals surface area contributed by atoms with Crippen LogP contribution in [0, 0.1) is 0 Å². The molecule has 0 spiro atoms. The van der Waals surface area contributed by atoms with E-state index < -0.39 is 61.1 Å². The lowest BCUT2D eigenvalue weighted by Gasteiger charge is -2.42. The summed E-state index contributed by atoms with van der Waals surface area (Å²) in [6, 6.07) is 6.16. The Morgan fingerprint density at radius 3 is 2.38 bits per heavy atom. The molecule has 1 saturated heterocycles. The zero-order valence-electron chi connectivity index (χ0n) is 17.8. The lowest BCUT2D eigenvalue weighted by atomic mass is 9.92. The van der Waals surface area contributed by atoms with Gasteiger partial charge in [0.1, 0.15) is 47.2 Å². The van der Waals surface area contributed by atoms with E-state index in [1.165, 1.54) is 25.3 Å². The SMILES string of the molecule is COc1cc(C2Oc3cc(O)cc(O)c3C(=O)C2O[C@@H]2O[C@H](CO)[C@@H](O)[C@H](O)[C@H]2O)ccc1O. The molecule has 0 aliphatic carbocycles. The van der Waals surface area contributed by atoms with Crippen molar-refractivity contribution >= 4 is 5.78 Å². The summed E-state index contributed by atoms with van der Waals surface area (Å²) in [6.07, 6.45) is -11.0. The first kappa shape index (κ1) is 24.0. The molecule has 2 unspecified atom stereocenters. The van der Waals surface area contributed by atoms with Crippen LogP contribution in [-0.4, -0.2) is 92.1 Å². The van der Waals surface area contributed by atoms with E-state index in [1.807, 2.05) is 0 Å². The Labute approximate surface area is 192 Å². The number of aliphatic hydroxyl groups excluding tert-OH is 4. The first-order valence-corrected chi connectivity index (χ1v) is 10.3. The average Bonchev–Trinajstić information content (AvgIpc) is 2.80. The minimum absolute atomic E-state index is 0.0599. The van der Waals surface area contributed by atoms with Crippen molar-refractivity contribution in [3.63, 3.8) is 0 Å². The van der Waals surface area contributed by atoms with Gasteiger partial charge in [-0.15, -0.1) is 0 Å². The third-order valence-corrected chi connectivity index (χ3v) is 5.76. The number of phenolic OH excluding ortho intramolecular Hbond substituents is 3. The maximum atomic E-state index is 13.4. The molecule has 184 valence electrons. The fourth-order valence-corrected chi connectivity index (χ4v) is 3.98. The molecule has 0 aromatic heterocycles. The van der Waals surface area contributed by atoms with Gasteiger partial charge in [-0.25, -0.2) is 0 Å². The number of rotatable bonds is 5. The molecule has 0 amide bonds. The van der Waals surface area contributed by atoms with Crippen LogP contribution in [-0.2, 0) is 9.47 Å². The van der Waals surface area contributed by atoms with Gasteiger partial charge in [-0.3, -0.25) is 4.79 Å². The number of hydrogen-bond donors (Lipinski definition) is 7. The maximum absolute atomic E-state index is 13.4. The van der Waals surface area contributed by atoms with Crippen molar-refractivity contribution in [2.24, 2.45) is 0 Å². The Morgan fingerprint density at radius 1 is 0.971 bits per heavy atom. The Bertz CT molecular complexity index is 1070. The molecule has 2 heterocycles. The lowest BCUT2D eigenvalue weighted by Crippen LogP contribution is -2.60. The molecule has 0 saturated carbocycles. The van der Waals surface area contributed by atoms with Gasteiger partial charge < -0.3 is 54.7 Å². The molecule has 0 radical (unpaired) electrons. The second-order valence-electron chi connectivity index (χ2n) is 7.93. The van der Waals surface area contributed by atoms with Crippen molar-refractivity contribution in [1.82, 2.24) is 0 Å². The molecule has 34 heavy (non-hydrogen) atoms. The standard InChI is InChI=1S/C22H24O12/c1-31-12-4-8(2-3-10(12)25)20-21(17(28)15-11(26)5-9(24)6-13(15)32-20)34-22-19(30)18(29)16(27)14(7-23)33-22/h2-6,14,16,18-27,29-30H,7H2,1H3/t14-,16-,18+,19-,20?,21?,22+/m1/s1. The van der Waals surface area contributed by atoms with Crippen LogP contribution in [0.5, 0.6) is 28.7 Å². The Morgan fingerprint density at radius 2 is 1.71 bits per heavy atom. The molecule has 4 rings (SSSR count). The van der Waals surface area contributed by atoms with Crippen LogP contribution in [0.25, 0.3) is 0 Å². The lowest BCUT2D eigenvalue weighted by molar-refractivity contribution is -0.311. The molecular weight excluding hydrogens is 456 g/mol. The number of fused-ring (bicyclic) bond motifs is 1. The molecule has 0 bridgehead atoms. The first-order valence-electron chi connectivity index (χ1n) is 10.3. The Balaban J connectivity index is 1.76. The number of phenols is 3. The molecule has 7 atom stereocenters. The predicted octanol–water partition coefficient (Wildman–Crippen LogP) is -0.687. The fraction of sp³-hybridized carbons (Fsp3) is 0.409. The minimum atomic E-state index is -1.80. The number of ketones is 1. The normalized spacial score (nSPS) is 31.0. The van der Waals surface area contributed by atoms with Gasteiger partial charge in [0.15, 0.2) is 30.0 Å². The third kappa shape index (κ3) is 4.11. The minimum Gasteiger partial charge on any atom is -0.508 e. The van der Waals surface area contributed by atoms with Crippen molar-refractivity contribution in [3.8, 4) is 28.7 Å². The van der Waals surface area contributed by atoms with Crippen molar-refractivity contribution in [1.29, 1.82) is 0 Å². The number of carbonyl (C=O) groups excluding carboxylic acids is 1. The van der Waals surface area contributed by atoms with E-state index in [1.54, 1.807) is 0 Å². The number of carbonyl (C=O) groups is 1. The number of Topliss-reactive ketones (excluding diaryl/α,β-unsaturated/α-hetero) is 1. The van der Waals surface area contributed by atoms with E-state index >= 15 is 0 Å². The van der Waals surface area contributed by atoms with E-state index in [0.29, 0.717) is 0 Å². The highest BCUT2D eigenvalue weighted by molar-refractivity contribution is 6.05. The summed E-state index contributed by atoms with van der Waals surface area (Å²) in [7, 11) is 1.32. The summed E-state index contributed by atoms with van der Waals surface area (Å²) in [5.74, 6) is -2.01. The highest BCUT2D eigenvalue weighted by Gasteiger charge is 2.49. The zero-order chi connectivity index (χ0) is 24.7. The van der Waals surface area contributed by atoms with Crippen molar-refractivity contribution in [2.75, 3.05) is 13.7 Å². The van der Waals surface area contributed by atoms with Crippen LogP contribution in [0.2, 0.25) is 0 Å². The smallest absolute Gasteiger partial charge is 0.203 e. The predicted molar refractivity (Wildman–Crippen MR) is 111 cm³/mol. The molecule has 2 aromatic rings. The van der Waals surface area contributed by atoms with Crippen LogP contribution in [0.15, 0.2) is 30.3 Å². The van der Waals surface area contributed by atoms with Crippen LogP contribution in [0.1, 0.15) is 22.0 Å². The first-order chi connectivity index (χ1) is 16.2. The van der Waals surface area contributed by atoms with Crippen molar-refractivity contribution < 1.29 is 59.5 Å². The fourth-order valence-electron chi connectivity index (χ4n) is 3.98. The van der Waals surface area contributed by atoms with Crippen molar-refractivity contribution in [2.45, 2.75) is 42.9 Å². The summed E-state index contributed by atoms with van der Waals surface area (Å²) in [5, 5.41) is 69.9. The summed E-state index contributed by atoms with van der Waals surface area (Å²) < 4.78 is 22.1. The van der Waals surface area contributed by atoms with E-state index in [4.69, 9.17) is 18.9 Å². The number of hydrogen-bond acceptors (Lipinski definition) is 12. The summed E-state index contributed by atoms with van der Waals surface area (Å²) in [6.45, 7) is -0.707. The van der Waals surface area contributed by atoms with Crippen LogP contribution < -0.4 is 9.47 Å². The number of aliphatic hydroxyl groups is 4. The van der Waals surface area contributed by atoms with Gasteiger partial charge >= 0.3 is 0 Å². The van der Waals surface area contributed by atoms with E-state index in [2.05, 4.69) is 0 Å². The molecule has 12 heteroatoms. The zero-order valence-corrected chi connectivity index (χ0v) is 17.8. The van der Waals surface area contributed by atoms with Gasteiger partial charge in [-0.05, 0) is 17.7 Å². The largest absolute Gasteiger partial charge is 0.508 e. The number of methoxy groups -OCH3 is 1. The summed E-state index contributed by atoms with van der Waals surface area (Å²) in [5.41, 5.74) is -0.0135. The summed E-state index contributed by atoms with van der Waals surface area (Å²) >= 11 is 0. The molecule has 2 aliphatic rings. The quantitative estimate of drug-likeness (QED) is 0.285. The average molecular weight is 480 g/mol. The molecule has 2 aromatic carbocycles. The van der Waals surface area contributed by atoms with E-state index in [0.717, 1.165) is 12.1 Å². The second-order valence-corrected chi connectivity index (χ2v) is 7.93. The highest BCUT2D eigenvalue weighted by Crippen LogP contribution is 2.44. The summed E-state index contributed by atoms with van der Waals surface area (Å²) in [4.78, 5) is 13.4. The van der Waals surface area contributed by atoms with Crippen molar-refractivity contribution in [3.05, 3.63) is 41.5 Å². The van der Waals surface area contributed by atoms with E-state index in [-0.39, 0.29) is 34.1 Å². The van der Waals surface area contributed by atoms with Gasteiger partial charge in [0.25, 0.3) is 0 Å². The van der Waals surface area contributed by atoms with Gasteiger partial charge in [0.05, 0.1) is 13.7 Å². The van der Waals surface area contributed by atoms with Gasteiger partial charge in [0.2, 0.25) is 5.78 Å². The monoisotopic (exact) mass is 480 g/mol. The van der Waals surface area contributed by atoms with Crippen LogP contribution >= 0.6 is 0 Å². The Hall–Kier alpha value is -3.13. The molecule has 7 N–H and O–H groups in total. The maximum Gasteiger partial charge on any atom is 0.203 e. The highest BCUT2D eigenvalue weighted by atomic mass is 16.7. The van der Waals surface area contributed by atoms with Gasteiger partial charge in [-0.2, -0.15) is 0 Å². The third-order valence-electron chi connectivity index (χ3n) is 5.76. The second kappa shape index (κ2) is 9.25. The molecule has 2 aliphatic heterocycles. The Kier molecular flexibility index (Phi) is 6.53. The van der Waals surface area contributed by atoms with Crippen LogP contribution in [0.4, 0.5) is 0 Å². The van der Waals surface area contributed by atoms with E-state index in [9.17, 15) is 40.5 Å². The van der Waals surface area contributed by atoms with Gasteiger partial charge in [0, 0.05) is 12.1 Å². The molecule has 12 nitrogen and oxygen atoms in total. The molecule has 1 fully saturated rings. The number of benzene rings is 2. The molecular formula is C22H24O12. The number of aromatic hydroxyl groups is 3.